The summed E-state index contributed by atoms with van der Waals surface area (Å²) in [5, 5.41) is 3.78. The number of thiophene rings is 1. The first-order valence-electron chi connectivity index (χ1n) is 6.70. The van der Waals surface area contributed by atoms with Crippen LogP contribution in [0.5, 0.6) is 0 Å². The lowest BCUT2D eigenvalue weighted by atomic mass is 9.84. The predicted molar refractivity (Wildman–Crippen MR) is 79.6 cm³/mol. The Hall–Kier alpha value is 0.140. The molecule has 1 heterocycles. The summed E-state index contributed by atoms with van der Waals surface area (Å²) < 4.78 is 1.23. The van der Waals surface area contributed by atoms with Crippen LogP contribution in [0.25, 0.3) is 0 Å². The van der Waals surface area contributed by atoms with Crippen LogP contribution < -0.4 is 5.32 Å². The highest BCUT2D eigenvalue weighted by Crippen LogP contribution is 2.30. The molecule has 1 saturated carbocycles. The van der Waals surface area contributed by atoms with E-state index >= 15 is 0 Å². The zero-order chi connectivity index (χ0) is 12.3. The molecule has 1 fully saturated rings. The summed E-state index contributed by atoms with van der Waals surface area (Å²) in [5.41, 5.74) is 0. The van der Waals surface area contributed by atoms with E-state index in [0.29, 0.717) is 6.04 Å². The molecule has 1 unspecified atom stereocenters. The molecule has 0 spiro atoms. The molecule has 1 aromatic rings. The zero-order valence-corrected chi connectivity index (χ0v) is 13.1. The van der Waals surface area contributed by atoms with Gasteiger partial charge in [0.05, 0.1) is 3.79 Å². The van der Waals surface area contributed by atoms with Gasteiger partial charge in [0.2, 0.25) is 0 Å². The fourth-order valence-electron chi connectivity index (χ4n) is 2.73. The number of hydrogen-bond donors (Lipinski definition) is 1. The molecule has 0 bridgehead atoms. The Morgan fingerprint density at radius 1 is 1.35 bits per heavy atom. The molecule has 0 aliphatic heterocycles. The van der Waals surface area contributed by atoms with Gasteiger partial charge in [-0.2, -0.15) is 0 Å². The van der Waals surface area contributed by atoms with Crippen molar-refractivity contribution in [2.24, 2.45) is 5.92 Å². The number of hydrogen-bond acceptors (Lipinski definition) is 2. The van der Waals surface area contributed by atoms with Crippen molar-refractivity contribution in [1.82, 2.24) is 5.32 Å². The normalized spacial score (nSPS) is 27.0. The summed E-state index contributed by atoms with van der Waals surface area (Å²) in [6, 6.07) is 5.60. The summed E-state index contributed by atoms with van der Waals surface area (Å²) in [4.78, 5) is 1.44. The van der Waals surface area contributed by atoms with Crippen molar-refractivity contribution in [3.05, 3.63) is 20.8 Å². The fraction of sp³-hybridized carbons (Fsp3) is 0.714. The topological polar surface area (TPSA) is 12.0 Å². The third-order valence-corrected chi connectivity index (χ3v) is 5.74. The van der Waals surface area contributed by atoms with E-state index in [1.807, 2.05) is 11.3 Å². The van der Waals surface area contributed by atoms with Gasteiger partial charge < -0.3 is 5.32 Å². The van der Waals surface area contributed by atoms with Crippen LogP contribution in [-0.4, -0.2) is 6.04 Å². The molecule has 3 heteroatoms. The van der Waals surface area contributed by atoms with E-state index in [9.17, 15) is 0 Å². The highest BCUT2D eigenvalue weighted by molar-refractivity contribution is 9.11. The van der Waals surface area contributed by atoms with Crippen molar-refractivity contribution in [1.29, 1.82) is 0 Å². The molecule has 1 atom stereocenters. The minimum atomic E-state index is 0.495. The van der Waals surface area contributed by atoms with Crippen LogP contribution >= 0.6 is 27.3 Å². The molecule has 96 valence electrons. The van der Waals surface area contributed by atoms with Gasteiger partial charge in [-0.25, -0.2) is 0 Å². The van der Waals surface area contributed by atoms with Crippen LogP contribution in [-0.2, 0) is 0 Å². The van der Waals surface area contributed by atoms with Gasteiger partial charge >= 0.3 is 0 Å². The Bertz CT molecular complexity index is 342. The van der Waals surface area contributed by atoms with Crippen molar-refractivity contribution in [2.45, 2.75) is 58.0 Å². The maximum absolute atomic E-state index is 3.78. The molecule has 1 nitrogen and oxygen atoms in total. The minimum Gasteiger partial charge on any atom is -0.307 e. The van der Waals surface area contributed by atoms with Gasteiger partial charge in [-0.05, 0) is 66.6 Å². The Morgan fingerprint density at radius 3 is 2.59 bits per heavy atom. The molecule has 0 amide bonds. The van der Waals surface area contributed by atoms with Gasteiger partial charge in [-0.15, -0.1) is 11.3 Å². The average Bonchev–Trinajstić information content (AvgIpc) is 2.77. The maximum atomic E-state index is 3.78. The van der Waals surface area contributed by atoms with Gasteiger partial charge in [0, 0.05) is 17.0 Å². The second kappa shape index (κ2) is 6.35. The molecular weight excluding hydrogens is 294 g/mol. The first-order valence-corrected chi connectivity index (χ1v) is 8.31. The second-order valence-corrected chi connectivity index (χ2v) is 7.65. The molecule has 1 aliphatic rings. The van der Waals surface area contributed by atoms with Crippen molar-refractivity contribution in [2.75, 3.05) is 0 Å². The molecule has 0 radical (unpaired) electrons. The van der Waals surface area contributed by atoms with Crippen molar-refractivity contribution in [3.63, 3.8) is 0 Å². The van der Waals surface area contributed by atoms with Gasteiger partial charge in [0.25, 0.3) is 0 Å². The minimum absolute atomic E-state index is 0.495. The zero-order valence-electron chi connectivity index (χ0n) is 10.7. The third-order valence-electron chi connectivity index (χ3n) is 3.93. The second-order valence-electron chi connectivity index (χ2n) is 5.16. The average molecular weight is 316 g/mol. The molecule has 1 N–H and O–H groups in total. The van der Waals surface area contributed by atoms with Crippen molar-refractivity contribution in [3.8, 4) is 0 Å². The molecule has 0 saturated heterocycles. The quantitative estimate of drug-likeness (QED) is 0.812. The van der Waals surface area contributed by atoms with E-state index in [2.05, 4.69) is 47.2 Å². The van der Waals surface area contributed by atoms with Crippen LogP contribution in [0.2, 0.25) is 0 Å². The summed E-state index contributed by atoms with van der Waals surface area (Å²) in [5.74, 6) is 0.985. The highest BCUT2D eigenvalue weighted by atomic mass is 79.9. The lowest BCUT2D eigenvalue weighted by molar-refractivity contribution is 0.274. The van der Waals surface area contributed by atoms with Gasteiger partial charge in [0.1, 0.15) is 0 Å². The lowest BCUT2D eigenvalue weighted by Crippen LogP contribution is -2.34. The van der Waals surface area contributed by atoms with E-state index in [-0.39, 0.29) is 0 Å². The van der Waals surface area contributed by atoms with Crippen molar-refractivity contribution < 1.29 is 0 Å². The summed E-state index contributed by atoms with van der Waals surface area (Å²) in [6.07, 6.45) is 6.90. The Labute approximate surface area is 117 Å². The first kappa shape index (κ1) is 13.6. The third kappa shape index (κ3) is 3.80. The largest absolute Gasteiger partial charge is 0.307 e. The van der Waals surface area contributed by atoms with Crippen LogP contribution in [0.1, 0.15) is 56.9 Å². The summed E-state index contributed by atoms with van der Waals surface area (Å²) >= 11 is 5.38. The van der Waals surface area contributed by atoms with Crippen LogP contribution in [0.3, 0.4) is 0 Å². The summed E-state index contributed by atoms with van der Waals surface area (Å²) in [7, 11) is 0. The van der Waals surface area contributed by atoms with E-state index in [1.165, 1.54) is 40.8 Å². The lowest BCUT2D eigenvalue weighted by Gasteiger charge is -2.30. The maximum Gasteiger partial charge on any atom is 0.0701 e. The highest BCUT2D eigenvalue weighted by Gasteiger charge is 2.21. The SMILES string of the molecule is CCC1CCC(NC(C)c2ccc(Br)s2)CC1. The van der Waals surface area contributed by atoms with E-state index in [4.69, 9.17) is 0 Å². The monoisotopic (exact) mass is 315 g/mol. The fourth-order valence-corrected chi connectivity index (χ4v) is 4.17. The number of rotatable bonds is 4. The van der Waals surface area contributed by atoms with Gasteiger partial charge in [0.15, 0.2) is 0 Å². The molecule has 2 rings (SSSR count). The first-order chi connectivity index (χ1) is 8.19. The summed E-state index contributed by atoms with van der Waals surface area (Å²) in [6.45, 7) is 4.61. The van der Waals surface area contributed by atoms with Crippen LogP contribution in [0.15, 0.2) is 15.9 Å². The molecule has 1 aromatic heterocycles. The van der Waals surface area contributed by atoms with E-state index < -0.39 is 0 Å². The Balaban J connectivity index is 1.81. The number of halogens is 1. The Morgan fingerprint density at radius 2 is 2.06 bits per heavy atom. The number of nitrogens with one attached hydrogen (secondary N) is 1. The molecular formula is C14H22BrNS. The van der Waals surface area contributed by atoms with E-state index in [0.717, 1.165) is 12.0 Å². The Kier molecular flexibility index (Phi) is 5.07. The standard InChI is InChI=1S/C14H22BrNS/c1-3-11-4-6-12(7-5-11)16-10(2)13-8-9-14(15)17-13/h8-12,16H,3-7H2,1-2H3. The van der Waals surface area contributed by atoms with Crippen molar-refractivity contribution >= 4 is 27.3 Å². The van der Waals surface area contributed by atoms with Gasteiger partial charge in [-0.1, -0.05) is 13.3 Å². The van der Waals surface area contributed by atoms with Crippen LogP contribution in [0, 0.1) is 5.92 Å². The predicted octanol–water partition coefficient (Wildman–Crippen LogP) is 5.13. The van der Waals surface area contributed by atoms with Gasteiger partial charge in [-0.3, -0.25) is 0 Å². The molecule has 1 aliphatic carbocycles. The molecule has 0 aromatic carbocycles. The van der Waals surface area contributed by atoms with E-state index in [1.54, 1.807) is 0 Å². The van der Waals surface area contributed by atoms with Crippen LogP contribution in [0.4, 0.5) is 0 Å². The molecule has 17 heavy (non-hydrogen) atoms. The smallest absolute Gasteiger partial charge is 0.0701 e.